The van der Waals surface area contributed by atoms with E-state index in [9.17, 15) is 0 Å². The van der Waals surface area contributed by atoms with Gasteiger partial charge in [-0.2, -0.15) is 0 Å². The van der Waals surface area contributed by atoms with Gasteiger partial charge in [0.1, 0.15) is 0 Å². The summed E-state index contributed by atoms with van der Waals surface area (Å²) in [5.74, 6) is 0. The van der Waals surface area contributed by atoms with Crippen LogP contribution in [0.15, 0.2) is 18.3 Å². The molecule has 3 nitrogen and oxygen atoms in total. The van der Waals surface area contributed by atoms with Gasteiger partial charge < -0.3 is 5.73 Å². The van der Waals surface area contributed by atoms with Crippen LogP contribution in [0, 0.1) is 13.8 Å². The molecule has 0 unspecified atom stereocenters. The lowest BCUT2D eigenvalue weighted by Crippen LogP contribution is -1.97. The third-order valence-electron chi connectivity index (χ3n) is 2.05. The SMILES string of the molecule is Cc1ccc(N)c2ncc(C)n12. The molecule has 2 heterocycles. The van der Waals surface area contributed by atoms with Crippen molar-refractivity contribution in [3.63, 3.8) is 0 Å². The van der Waals surface area contributed by atoms with E-state index >= 15 is 0 Å². The molecule has 0 aliphatic carbocycles. The van der Waals surface area contributed by atoms with E-state index in [1.165, 1.54) is 0 Å². The third kappa shape index (κ3) is 0.794. The maximum atomic E-state index is 5.76. The summed E-state index contributed by atoms with van der Waals surface area (Å²) in [6, 6.07) is 3.88. The molecule has 0 fully saturated rings. The molecular weight excluding hydrogens is 150 g/mol. The molecule has 0 atom stereocenters. The van der Waals surface area contributed by atoms with Gasteiger partial charge in [-0.1, -0.05) is 0 Å². The van der Waals surface area contributed by atoms with E-state index in [1.807, 2.05) is 32.2 Å². The number of hydrogen-bond acceptors (Lipinski definition) is 2. The Bertz CT molecular complexity index is 429. The molecule has 0 radical (unpaired) electrons. The summed E-state index contributed by atoms with van der Waals surface area (Å²) >= 11 is 0. The van der Waals surface area contributed by atoms with Crippen molar-refractivity contribution in [1.82, 2.24) is 9.38 Å². The van der Waals surface area contributed by atoms with Crippen LogP contribution < -0.4 is 5.73 Å². The first-order valence-electron chi connectivity index (χ1n) is 3.89. The second-order valence-corrected chi connectivity index (χ2v) is 2.99. The highest BCUT2D eigenvalue weighted by molar-refractivity contribution is 5.65. The van der Waals surface area contributed by atoms with Crippen LogP contribution in [-0.2, 0) is 0 Å². The van der Waals surface area contributed by atoms with Crippen LogP contribution in [0.3, 0.4) is 0 Å². The van der Waals surface area contributed by atoms with Gasteiger partial charge in [0.2, 0.25) is 0 Å². The Morgan fingerprint density at radius 1 is 1.25 bits per heavy atom. The topological polar surface area (TPSA) is 43.3 Å². The number of hydrogen-bond donors (Lipinski definition) is 1. The van der Waals surface area contributed by atoms with Crippen molar-refractivity contribution in [2.75, 3.05) is 5.73 Å². The number of aryl methyl sites for hydroxylation is 2. The van der Waals surface area contributed by atoms with Crippen LogP contribution in [0.5, 0.6) is 0 Å². The van der Waals surface area contributed by atoms with Crippen LogP contribution in [0.1, 0.15) is 11.4 Å². The zero-order valence-corrected chi connectivity index (χ0v) is 7.20. The largest absolute Gasteiger partial charge is 0.396 e. The van der Waals surface area contributed by atoms with Crippen molar-refractivity contribution in [3.8, 4) is 0 Å². The fourth-order valence-electron chi connectivity index (χ4n) is 1.45. The van der Waals surface area contributed by atoms with Gasteiger partial charge in [-0.3, -0.25) is 4.40 Å². The Morgan fingerprint density at radius 3 is 2.67 bits per heavy atom. The lowest BCUT2D eigenvalue weighted by atomic mass is 10.3. The number of anilines is 1. The predicted molar refractivity (Wildman–Crippen MR) is 49.1 cm³/mol. The minimum Gasteiger partial charge on any atom is -0.396 e. The van der Waals surface area contributed by atoms with E-state index in [2.05, 4.69) is 9.38 Å². The van der Waals surface area contributed by atoms with Crippen molar-refractivity contribution in [2.24, 2.45) is 0 Å². The predicted octanol–water partition coefficient (Wildman–Crippen LogP) is 1.53. The van der Waals surface area contributed by atoms with Gasteiger partial charge in [0.05, 0.1) is 5.69 Å². The molecule has 0 aromatic carbocycles. The fraction of sp³-hybridized carbons (Fsp3) is 0.222. The number of rotatable bonds is 0. The molecule has 0 aliphatic heterocycles. The lowest BCUT2D eigenvalue weighted by Gasteiger charge is -2.03. The summed E-state index contributed by atoms with van der Waals surface area (Å²) in [6.07, 6.45) is 1.83. The number of nitrogens with zero attached hydrogens (tertiary/aromatic N) is 2. The molecule has 3 heteroatoms. The van der Waals surface area contributed by atoms with Gasteiger partial charge in [-0.15, -0.1) is 0 Å². The highest BCUT2D eigenvalue weighted by Crippen LogP contribution is 2.15. The van der Waals surface area contributed by atoms with E-state index in [-0.39, 0.29) is 0 Å². The molecule has 12 heavy (non-hydrogen) atoms. The fourth-order valence-corrected chi connectivity index (χ4v) is 1.45. The Morgan fingerprint density at radius 2 is 2.00 bits per heavy atom. The van der Waals surface area contributed by atoms with Gasteiger partial charge in [0, 0.05) is 17.6 Å². The standard InChI is InChI=1S/C9H11N3/c1-6-3-4-8(10)9-11-5-7(2)12(6)9/h3-5H,10H2,1-2H3. The highest BCUT2D eigenvalue weighted by atomic mass is 15.0. The van der Waals surface area contributed by atoms with Crippen LogP contribution in [0.25, 0.3) is 5.65 Å². The molecular formula is C9H11N3. The Labute approximate surface area is 70.8 Å². The zero-order chi connectivity index (χ0) is 8.72. The van der Waals surface area contributed by atoms with Crippen molar-refractivity contribution < 1.29 is 0 Å². The van der Waals surface area contributed by atoms with Crippen molar-refractivity contribution in [3.05, 3.63) is 29.7 Å². The average Bonchev–Trinajstić information content (AvgIpc) is 2.42. The molecule has 2 aromatic rings. The second kappa shape index (κ2) is 2.24. The summed E-state index contributed by atoms with van der Waals surface area (Å²) in [7, 11) is 0. The normalized spacial score (nSPS) is 10.8. The van der Waals surface area contributed by atoms with E-state index in [0.717, 1.165) is 22.7 Å². The summed E-state index contributed by atoms with van der Waals surface area (Å²) in [5.41, 5.74) is 9.62. The van der Waals surface area contributed by atoms with Crippen molar-refractivity contribution in [2.45, 2.75) is 13.8 Å². The first kappa shape index (κ1) is 7.16. The van der Waals surface area contributed by atoms with E-state index in [4.69, 9.17) is 5.73 Å². The molecule has 0 aliphatic rings. The molecule has 0 saturated carbocycles. The Balaban J connectivity index is 2.98. The summed E-state index contributed by atoms with van der Waals surface area (Å²) < 4.78 is 2.05. The van der Waals surface area contributed by atoms with E-state index in [1.54, 1.807) is 0 Å². The van der Waals surface area contributed by atoms with E-state index in [0.29, 0.717) is 0 Å². The molecule has 0 saturated heterocycles. The molecule has 62 valence electrons. The number of nitrogen functional groups attached to an aromatic ring is 1. The second-order valence-electron chi connectivity index (χ2n) is 2.99. The van der Waals surface area contributed by atoms with Crippen LogP contribution >= 0.6 is 0 Å². The van der Waals surface area contributed by atoms with Crippen LogP contribution in [-0.4, -0.2) is 9.38 Å². The van der Waals surface area contributed by atoms with Gasteiger partial charge in [-0.25, -0.2) is 4.98 Å². The number of pyridine rings is 1. The Kier molecular flexibility index (Phi) is 1.33. The van der Waals surface area contributed by atoms with Gasteiger partial charge in [-0.05, 0) is 26.0 Å². The maximum Gasteiger partial charge on any atom is 0.160 e. The maximum absolute atomic E-state index is 5.76. The lowest BCUT2D eigenvalue weighted by molar-refractivity contribution is 1.04. The van der Waals surface area contributed by atoms with Gasteiger partial charge in [0.25, 0.3) is 0 Å². The summed E-state index contributed by atoms with van der Waals surface area (Å²) in [6.45, 7) is 4.06. The number of nitrogens with two attached hydrogens (primary N) is 1. The molecule has 2 N–H and O–H groups in total. The summed E-state index contributed by atoms with van der Waals surface area (Å²) in [5, 5.41) is 0. The third-order valence-corrected chi connectivity index (χ3v) is 2.05. The molecule has 2 rings (SSSR count). The first-order chi connectivity index (χ1) is 5.70. The number of aromatic nitrogens is 2. The average molecular weight is 161 g/mol. The van der Waals surface area contributed by atoms with Crippen LogP contribution in [0.4, 0.5) is 5.69 Å². The van der Waals surface area contributed by atoms with Gasteiger partial charge >= 0.3 is 0 Å². The highest BCUT2D eigenvalue weighted by Gasteiger charge is 2.03. The first-order valence-corrected chi connectivity index (χ1v) is 3.89. The number of imidazole rings is 1. The quantitative estimate of drug-likeness (QED) is 0.636. The molecule has 0 bridgehead atoms. The zero-order valence-electron chi connectivity index (χ0n) is 7.20. The number of fused-ring (bicyclic) bond motifs is 1. The summed E-state index contributed by atoms with van der Waals surface area (Å²) in [4.78, 5) is 4.22. The van der Waals surface area contributed by atoms with E-state index < -0.39 is 0 Å². The van der Waals surface area contributed by atoms with Crippen LogP contribution in [0.2, 0.25) is 0 Å². The monoisotopic (exact) mass is 161 g/mol. The minimum atomic E-state index is 0.730. The smallest absolute Gasteiger partial charge is 0.160 e. The molecule has 0 amide bonds. The minimum absolute atomic E-state index is 0.730. The molecule has 2 aromatic heterocycles. The van der Waals surface area contributed by atoms with Gasteiger partial charge in [0.15, 0.2) is 5.65 Å². The Hall–Kier alpha value is -1.51. The van der Waals surface area contributed by atoms with Crippen molar-refractivity contribution >= 4 is 11.3 Å². The van der Waals surface area contributed by atoms with Crippen molar-refractivity contribution in [1.29, 1.82) is 0 Å². The molecule has 0 spiro atoms.